The van der Waals surface area contributed by atoms with Crippen LogP contribution < -0.4 is 0 Å². The van der Waals surface area contributed by atoms with Gasteiger partial charge in [-0.1, -0.05) is 26.0 Å². The lowest BCUT2D eigenvalue weighted by Crippen LogP contribution is -2.70. The van der Waals surface area contributed by atoms with Crippen LogP contribution in [0, 0.1) is 28.6 Å². The Morgan fingerprint density at radius 2 is 1.53 bits per heavy atom. The predicted molar refractivity (Wildman–Crippen MR) is 141 cm³/mol. The lowest BCUT2D eigenvalue weighted by molar-refractivity contribution is -0.222. The third kappa shape index (κ3) is 3.43. The van der Waals surface area contributed by atoms with Crippen molar-refractivity contribution in [3.05, 3.63) is 23.3 Å². The number of aliphatic hydroxyl groups is 1. The molecule has 4 aliphatic carbocycles. The van der Waals surface area contributed by atoms with Crippen LogP contribution in [0.4, 0.5) is 0 Å². The first-order valence-corrected chi connectivity index (χ1v) is 14.4. The van der Waals surface area contributed by atoms with Gasteiger partial charge in [0.1, 0.15) is 29.2 Å². The molecule has 0 aromatic carbocycles. The van der Waals surface area contributed by atoms with Crippen LogP contribution in [0.1, 0.15) is 93.4 Å². The molecule has 1 N–H and O–H groups in total. The average molecular weight is 529 g/mol. The van der Waals surface area contributed by atoms with E-state index < -0.39 is 40.8 Å². The van der Waals surface area contributed by atoms with Crippen molar-refractivity contribution >= 4 is 17.7 Å². The molecule has 0 unspecified atom stereocenters. The number of ether oxygens (including phenoxy) is 3. The van der Waals surface area contributed by atoms with E-state index in [1.807, 2.05) is 6.92 Å². The van der Waals surface area contributed by atoms with Gasteiger partial charge in [0.15, 0.2) is 0 Å². The summed E-state index contributed by atoms with van der Waals surface area (Å²) in [5.74, 6) is -1.18. The molecule has 0 aromatic rings. The summed E-state index contributed by atoms with van der Waals surface area (Å²) >= 11 is 0. The second-order valence-electron chi connectivity index (χ2n) is 13.1. The van der Waals surface area contributed by atoms with Crippen molar-refractivity contribution in [1.82, 2.24) is 0 Å². The number of carbonyl (C=O) groups is 3. The van der Waals surface area contributed by atoms with Crippen LogP contribution in [0.25, 0.3) is 0 Å². The van der Waals surface area contributed by atoms with Crippen molar-refractivity contribution in [2.45, 2.75) is 123 Å². The van der Waals surface area contributed by atoms with Crippen molar-refractivity contribution in [1.29, 1.82) is 0 Å². The molecule has 2 spiro atoms. The number of carbonyl (C=O) groups excluding carboxylic acids is 3. The van der Waals surface area contributed by atoms with Crippen molar-refractivity contribution in [2.75, 3.05) is 0 Å². The van der Waals surface area contributed by atoms with E-state index in [2.05, 4.69) is 6.92 Å². The molecule has 0 aromatic heterocycles. The Kier molecular flexibility index (Phi) is 6.54. The highest BCUT2D eigenvalue weighted by molar-refractivity contribution is 5.89. The Balaban J connectivity index is 1.70. The Morgan fingerprint density at radius 1 is 0.895 bits per heavy atom. The number of allylic oxidation sites excluding steroid dienone is 2. The zero-order valence-electron chi connectivity index (χ0n) is 24.0. The number of aliphatic hydroxyl groups excluding tert-OH is 1. The largest absolute Gasteiger partial charge is 0.455 e. The first kappa shape index (κ1) is 27.6. The van der Waals surface area contributed by atoms with Crippen LogP contribution in [0.2, 0.25) is 0 Å². The molecule has 7 nitrogen and oxygen atoms in total. The molecule has 1 aliphatic heterocycles. The summed E-state index contributed by atoms with van der Waals surface area (Å²) in [7, 11) is 0. The van der Waals surface area contributed by atoms with Crippen molar-refractivity contribution in [2.24, 2.45) is 28.6 Å². The molecule has 1 heterocycles. The Bertz CT molecular complexity index is 1110. The number of fused-ring (bicyclic) bond motifs is 2. The van der Waals surface area contributed by atoms with E-state index in [0.29, 0.717) is 30.4 Å². The van der Waals surface area contributed by atoms with Crippen LogP contribution in [0.3, 0.4) is 0 Å². The Morgan fingerprint density at radius 3 is 2.13 bits per heavy atom. The maximum Gasteiger partial charge on any atom is 0.333 e. The number of epoxide rings is 1. The maximum atomic E-state index is 13.4. The molecule has 5 rings (SSSR count). The highest BCUT2D eigenvalue weighted by atomic mass is 16.7. The predicted octanol–water partition coefficient (Wildman–Crippen LogP) is 4.85. The zero-order chi connectivity index (χ0) is 27.8. The van der Waals surface area contributed by atoms with E-state index >= 15 is 0 Å². The highest BCUT2D eigenvalue weighted by Gasteiger charge is 2.91. The molecule has 1 saturated heterocycles. The van der Waals surface area contributed by atoms with E-state index in [1.54, 1.807) is 46.8 Å². The quantitative estimate of drug-likeness (QED) is 0.309. The molecule has 10 atom stereocenters. The summed E-state index contributed by atoms with van der Waals surface area (Å²) in [4.78, 5) is 39.8. The van der Waals surface area contributed by atoms with Crippen molar-refractivity contribution in [3.63, 3.8) is 0 Å². The minimum atomic E-state index is -0.835. The SMILES string of the molecule is C/C=C(\C)C(=O)O[C@@H]1[C@@H](OC(=O)/C(C)=C/C)[C@]2(C)[C@H](C(C)=O)CC[C@@]23O[C@]32CC[C@H]3C[C@@H](O)CC[C@]3(C)[C@@H]12. The maximum absolute atomic E-state index is 13.4. The van der Waals surface area contributed by atoms with Gasteiger partial charge in [0.25, 0.3) is 0 Å². The molecule has 7 heteroatoms. The molecule has 0 bridgehead atoms. The fraction of sp³-hybridized carbons (Fsp3) is 0.774. The molecule has 0 radical (unpaired) electrons. The van der Waals surface area contributed by atoms with E-state index in [1.165, 1.54) is 0 Å². The number of ketones is 1. The summed E-state index contributed by atoms with van der Waals surface area (Å²) in [5.41, 5.74) is -1.31. The average Bonchev–Trinajstić information content (AvgIpc) is 3.43. The van der Waals surface area contributed by atoms with Crippen molar-refractivity contribution < 1.29 is 33.7 Å². The first-order valence-electron chi connectivity index (χ1n) is 14.4. The van der Waals surface area contributed by atoms with Gasteiger partial charge in [0, 0.05) is 28.4 Å². The Labute approximate surface area is 226 Å². The molecule has 38 heavy (non-hydrogen) atoms. The van der Waals surface area contributed by atoms with Gasteiger partial charge in [0.05, 0.1) is 6.10 Å². The monoisotopic (exact) mass is 528 g/mol. The number of hydrogen-bond donors (Lipinski definition) is 1. The normalized spacial score (nSPS) is 47.7. The number of esters is 2. The fourth-order valence-electron chi connectivity index (χ4n) is 9.40. The summed E-state index contributed by atoms with van der Waals surface area (Å²) in [6.45, 7) is 12.9. The molecule has 4 saturated carbocycles. The van der Waals surface area contributed by atoms with Crippen LogP contribution in [-0.2, 0) is 28.6 Å². The van der Waals surface area contributed by atoms with E-state index in [-0.39, 0.29) is 35.1 Å². The zero-order valence-corrected chi connectivity index (χ0v) is 24.0. The van der Waals surface area contributed by atoms with Gasteiger partial charge in [-0.15, -0.1) is 0 Å². The molecule has 5 fully saturated rings. The lowest BCUT2D eigenvalue weighted by atomic mass is 9.43. The molecular formula is C31H44O7. The first-order chi connectivity index (χ1) is 17.8. The lowest BCUT2D eigenvalue weighted by Gasteiger charge is -2.61. The van der Waals surface area contributed by atoms with Crippen molar-refractivity contribution in [3.8, 4) is 0 Å². The van der Waals surface area contributed by atoms with Crippen LogP contribution in [-0.4, -0.2) is 52.3 Å². The molecule has 0 amide bonds. The van der Waals surface area contributed by atoms with Gasteiger partial charge in [-0.25, -0.2) is 9.59 Å². The smallest absolute Gasteiger partial charge is 0.333 e. The van der Waals surface area contributed by atoms with Gasteiger partial charge in [0.2, 0.25) is 0 Å². The number of Topliss-reactive ketones (excluding diaryl/α,β-unsaturated/α-hetero) is 1. The third-order valence-corrected chi connectivity index (χ3v) is 11.7. The summed E-state index contributed by atoms with van der Waals surface area (Å²) in [6, 6.07) is 0. The second kappa shape index (κ2) is 9.02. The van der Waals surface area contributed by atoms with Gasteiger partial charge in [-0.3, -0.25) is 4.79 Å². The van der Waals surface area contributed by atoms with E-state index in [9.17, 15) is 19.5 Å². The molecular weight excluding hydrogens is 484 g/mol. The molecule has 210 valence electrons. The number of rotatable bonds is 5. The minimum absolute atomic E-state index is 0.0488. The van der Waals surface area contributed by atoms with E-state index in [4.69, 9.17) is 14.2 Å². The topological polar surface area (TPSA) is 102 Å². The summed E-state index contributed by atoms with van der Waals surface area (Å²) in [6.07, 6.45) is 6.75. The summed E-state index contributed by atoms with van der Waals surface area (Å²) in [5, 5.41) is 10.6. The highest BCUT2D eigenvalue weighted by Crippen LogP contribution is 2.81. The number of hydrogen-bond acceptors (Lipinski definition) is 7. The molecule has 5 aliphatic rings. The van der Waals surface area contributed by atoms with Gasteiger partial charge in [-0.05, 0) is 90.9 Å². The Hall–Kier alpha value is -1.99. The second-order valence-corrected chi connectivity index (χ2v) is 13.1. The minimum Gasteiger partial charge on any atom is -0.455 e. The van der Waals surface area contributed by atoms with Gasteiger partial charge >= 0.3 is 11.9 Å². The standard InChI is InChI=1S/C31H44O7/c1-8-17(3)26(34)36-23-24-28(6)13-11-21(33)16-20(28)10-14-30(24)31(38-30)15-12-22(19(5)32)29(31,7)25(23)37-27(35)18(4)9-2/h8-9,20-25,33H,10-16H2,1-7H3/b17-8+,18-9+/t20-,21-,22-,23-,24+,25+,28-,29-,30-,31+/m0/s1. The third-order valence-electron chi connectivity index (χ3n) is 11.7. The van der Waals surface area contributed by atoms with Crippen LogP contribution in [0.5, 0.6) is 0 Å². The summed E-state index contributed by atoms with van der Waals surface area (Å²) < 4.78 is 19.8. The van der Waals surface area contributed by atoms with Crippen LogP contribution in [0.15, 0.2) is 23.3 Å². The van der Waals surface area contributed by atoms with E-state index in [0.717, 1.165) is 25.7 Å². The fourth-order valence-corrected chi connectivity index (χ4v) is 9.40. The van der Waals surface area contributed by atoms with Gasteiger partial charge in [-0.2, -0.15) is 0 Å². The van der Waals surface area contributed by atoms with Crippen LogP contribution >= 0.6 is 0 Å². The van der Waals surface area contributed by atoms with Gasteiger partial charge < -0.3 is 19.3 Å².